The predicted molar refractivity (Wildman–Crippen MR) is 73.9 cm³/mol. The minimum absolute atomic E-state index is 0.127. The molecule has 0 atom stereocenters. The Hall–Kier alpha value is -1.94. The summed E-state index contributed by atoms with van der Waals surface area (Å²) in [6.07, 6.45) is 1.68. The molecule has 0 radical (unpaired) electrons. The number of halogens is 1. The first-order valence-electron chi connectivity index (χ1n) is 5.90. The molecule has 0 aliphatic heterocycles. The van der Waals surface area contributed by atoms with Gasteiger partial charge in [-0.15, -0.1) is 11.6 Å². The summed E-state index contributed by atoms with van der Waals surface area (Å²) in [6, 6.07) is 8.99. The molecule has 2 aromatic rings. The Morgan fingerprint density at radius 1 is 1.26 bits per heavy atom. The van der Waals surface area contributed by atoms with Gasteiger partial charge >= 0.3 is 0 Å². The van der Waals surface area contributed by atoms with E-state index in [9.17, 15) is 4.79 Å². The van der Waals surface area contributed by atoms with Crippen molar-refractivity contribution < 1.29 is 4.79 Å². The molecule has 5 heteroatoms. The van der Waals surface area contributed by atoms with E-state index in [0.717, 1.165) is 11.3 Å². The Balaban J connectivity index is 1.97. The zero-order chi connectivity index (χ0) is 13.7. The van der Waals surface area contributed by atoms with E-state index in [4.69, 9.17) is 11.6 Å². The van der Waals surface area contributed by atoms with Crippen LogP contribution in [0.15, 0.2) is 36.5 Å². The summed E-state index contributed by atoms with van der Waals surface area (Å²) in [6.45, 7) is 2.20. The average molecular weight is 276 g/mol. The summed E-state index contributed by atoms with van der Waals surface area (Å²) < 4.78 is 0. The minimum Gasteiger partial charge on any atom is -0.346 e. The smallest absolute Gasteiger partial charge is 0.251 e. The number of hydrogen-bond acceptors (Lipinski definition) is 3. The van der Waals surface area contributed by atoms with Crippen molar-refractivity contribution in [3.05, 3.63) is 59.2 Å². The van der Waals surface area contributed by atoms with Crippen LogP contribution in [-0.2, 0) is 12.4 Å². The van der Waals surface area contributed by atoms with Crippen molar-refractivity contribution in [1.82, 2.24) is 15.3 Å². The third kappa shape index (κ3) is 3.76. The molecular formula is C14H14ClN3O. The second kappa shape index (κ2) is 6.29. The van der Waals surface area contributed by atoms with E-state index < -0.39 is 0 Å². The standard InChI is InChI=1S/C14H14ClN3O/c1-10-16-7-6-13(18-10)9-17-14(19)12-4-2-11(8-15)3-5-12/h2-7H,8-9H2,1H3,(H,17,19). The largest absolute Gasteiger partial charge is 0.346 e. The van der Waals surface area contributed by atoms with Gasteiger partial charge in [0.2, 0.25) is 0 Å². The lowest BCUT2D eigenvalue weighted by Gasteiger charge is -2.05. The predicted octanol–water partition coefficient (Wildman–Crippen LogP) is 2.45. The fourth-order valence-corrected chi connectivity index (χ4v) is 1.80. The van der Waals surface area contributed by atoms with E-state index in [0.29, 0.717) is 23.8 Å². The molecule has 0 saturated carbocycles. The molecule has 0 saturated heterocycles. The van der Waals surface area contributed by atoms with Crippen molar-refractivity contribution in [2.45, 2.75) is 19.3 Å². The van der Waals surface area contributed by atoms with E-state index in [1.54, 1.807) is 24.4 Å². The number of aryl methyl sites for hydroxylation is 1. The summed E-state index contributed by atoms with van der Waals surface area (Å²) in [5.74, 6) is 1.01. The molecule has 0 fully saturated rings. The number of amides is 1. The Labute approximate surface area is 116 Å². The molecule has 98 valence electrons. The van der Waals surface area contributed by atoms with Crippen LogP contribution >= 0.6 is 11.6 Å². The normalized spacial score (nSPS) is 10.2. The lowest BCUT2D eigenvalue weighted by molar-refractivity contribution is 0.0950. The molecule has 4 nitrogen and oxygen atoms in total. The van der Waals surface area contributed by atoms with Gasteiger partial charge in [-0.05, 0) is 30.7 Å². The van der Waals surface area contributed by atoms with Crippen LogP contribution in [0, 0.1) is 6.92 Å². The van der Waals surface area contributed by atoms with Crippen LogP contribution in [0.1, 0.15) is 27.4 Å². The molecule has 0 aliphatic rings. The molecule has 0 unspecified atom stereocenters. The SMILES string of the molecule is Cc1nccc(CNC(=O)c2ccc(CCl)cc2)n1. The molecule has 19 heavy (non-hydrogen) atoms. The summed E-state index contributed by atoms with van der Waals surface area (Å²) in [7, 11) is 0. The van der Waals surface area contributed by atoms with Gasteiger partial charge in [-0.3, -0.25) is 4.79 Å². The van der Waals surface area contributed by atoms with Crippen LogP contribution < -0.4 is 5.32 Å². The summed E-state index contributed by atoms with van der Waals surface area (Å²) in [4.78, 5) is 20.1. The molecule has 0 spiro atoms. The van der Waals surface area contributed by atoms with Gasteiger partial charge in [0.15, 0.2) is 0 Å². The third-order valence-electron chi connectivity index (χ3n) is 2.63. The third-order valence-corrected chi connectivity index (χ3v) is 2.94. The van der Waals surface area contributed by atoms with Gasteiger partial charge < -0.3 is 5.32 Å². The number of carbonyl (C=O) groups is 1. The molecule has 1 amide bonds. The molecule has 0 aliphatic carbocycles. The number of alkyl halides is 1. The highest BCUT2D eigenvalue weighted by atomic mass is 35.5. The number of nitrogens with zero attached hydrogens (tertiary/aromatic N) is 2. The van der Waals surface area contributed by atoms with Gasteiger partial charge in [0.25, 0.3) is 5.91 Å². The van der Waals surface area contributed by atoms with Crippen LogP contribution in [0.5, 0.6) is 0 Å². The number of carbonyl (C=O) groups excluding carboxylic acids is 1. The minimum atomic E-state index is -0.127. The van der Waals surface area contributed by atoms with Crippen LogP contribution in [0.3, 0.4) is 0 Å². The zero-order valence-corrected chi connectivity index (χ0v) is 11.3. The summed E-state index contributed by atoms with van der Waals surface area (Å²) in [5, 5.41) is 2.82. The van der Waals surface area contributed by atoms with Crippen molar-refractivity contribution in [2.75, 3.05) is 0 Å². The Morgan fingerprint density at radius 3 is 2.63 bits per heavy atom. The van der Waals surface area contributed by atoms with E-state index >= 15 is 0 Å². The quantitative estimate of drug-likeness (QED) is 0.872. The highest BCUT2D eigenvalue weighted by Crippen LogP contribution is 2.07. The van der Waals surface area contributed by atoms with Gasteiger partial charge in [-0.1, -0.05) is 12.1 Å². The maximum atomic E-state index is 11.9. The van der Waals surface area contributed by atoms with Crippen LogP contribution in [0.2, 0.25) is 0 Å². The van der Waals surface area contributed by atoms with Gasteiger partial charge in [-0.25, -0.2) is 9.97 Å². The van der Waals surface area contributed by atoms with E-state index in [-0.39, 0.29) is 5.91 Å². The fraction of sp³-hybridized carbons (Fsp3) is 0.214. The number of aromatic nitrogens is 2. The maximum Gasteiger partial charge on any atom is 0.251 e. The molecule has 1 aromatic heterocycles. The summed E-state index contributed by atoms with van der Waals surface area (Å²) >= 11 is 5.70. The monoisotopic (exact) mass is 275 g/mol. The Bertz CT molecular complexity index is 569. The first-order valence-corrected chi connectivity index (χ1v) is 6.44. The Morgan fingerprint density at radius 2 is 2.00 bits per heavy atom. The Kier molecular flexibility index (Phi) is 4.47. The van der Waals surface area contributed by atoms with Crippen molar-refractivity contribution in [2.24, 2.45) is 0 Å². The molecule has 2 rings (SSSR count). The number of hydrogen-bond donors (Lipinski definition) is 1. The topological polar surface area (TPSA) is 54.9 Å². The molecule has 1 N–H and O–H groups in total. The van der Waals surface area contributed by atoms with Crippen LogP contribution in [-0.4, -0.2) is 15.9 Å². The average Bonchev–Trinajstić information content (AvgIpc) is 2.45. The van der Waals surface area contributed by atoms with Crippen molar-refractivity contribution in [1.29, 1.82) is 0 Å². The molecular weight excluding hydrogens is 262 g/mol. The van der Waals surface area contributed by atoms with E-state index in [2.05, 4.69) is 15.3 Å². The number of benzene rings is 1. The van der Waals surface area contributed by atoms with Crippen molar-refractivity contribution in [3.8, 4) is 0 Å². The fourth-order valence-electron chi connectivity index (χ4n) is 1.62. The zero-order valence-electron chi connectivity index (χ0n) is 10.6. The highest BCUT2D eigenvalue weighted by molar-refractivity contribution is 6.17. The van der Waals surface area contributed by atoms with Crippen LogP contribution in [0.4, 0.5) is 0 Å². The van der Waals surface area contributed by atoms with Gasteiger partial charge in [-0.2, -0.15) is 0 Å². The number of nitrogens with one attached hydrogen (secondary N) is 1. The first-order chi connectivity index (χ1) is 9.19. The lowest BCUT2D eigenvalue weighted by Crippen LogP contribution is -2.23. The van der Waals surface area contributed by atoms with Gasteiger partial charge in [0, 0.05) is 17.6 Å². The second-order valence-corrected chi connectivity index (χ2v) is 4.38. The molecule has 0 bridgehead atoms. The lowest BCUT2D eigenvalue weighted by atomic mass is 10.1. The van der Waals surface area contributed by atoms with E-state index in [1.807, 2.05) is 19.1 Å². The van der Waals surface area contributed by atoms with Crippen LogP contribution in [0.25, 0.3) is 0 Å². The molecule has 1 heterocycles. The van der Waals surface area contributed by atoms with Gasteiger partial charge in [0.1, 0.15) is 5.82 Å². The van der Waals surface area contributed by atoms with Gasteiger partial charge in [0.05, 0.1) is 12.2 Å². The van der Waals surface area contributed by atoms with E-state index in [1.165, 1.54) is 0 Å². The number of rotatable bonds is 4. The molecule has 1 aromatic carbocycles. The second-order valence-electron chi connectivity index (χ2n) is 4.11. The first kappa shape index (κ1) is 13.5. The maximum absolute atomic E-state index is 11.9. The van der Waals surface area contributed by atoms with Crippen molar-refractivity contribution in [3.63, 3.8) is 0 Å². The summed E-state index contributed by atoms with van der Waals surface area (Å²) in [5.41, 5.74) is 2.39. The highest BCUT2D eigenvalue weighted by Gasteiger charge is 2.05. The van der Waals surface area contributed by atoms with Crippen molar-refractivity contribution >= 4 is 17.5 Å².